The molecule has 3 fully saturated rings. The minimum absolute atomic E-state index is 0.343. The number of ether oxygens (including phenoxy) is 6. The van der Waals surface area contributed by atoms with Crippen molar-refractivity contribution in [3.05, 3.63) is 91.0 Å². The third kappa shape index (κ3) is 22.3. The van der Waals surface area contributed by atoms with Crippen LogP contribution >= 0.6 is 0 Å². The predicted octanol–water partition coefficient (Wildman–Crippen LogP) is 7.72. The van der Waals surface area contributed by atoms with E-state index in [2.05, 4.69) is 41.5 Å². The van der Waals surface area contributed by atoms with E-state index in [0.717, 1.165) is 48.9 Å². The molecule has 3 saturated heterocycles. The van der Waals surface area contributed by atoms with E-state index < -0.39 is 0 Å². The van der Waals surface area contributed by atoms with E-state index >= 15 is 0 Å². The van der Waals surface area contributed by atoms with Crippen LogP contribution in [-0.2, 0) is 14.2 Å². The molecule has 3 aromatic rings. The molecule has 3 heterocycles. The number of hydrogen-bond donors (Lipinski definition) is 0. The summed E-state index contributed by atoms with van der Waals surface area (Å²) in [6.07, 6.45) is 1.03. The summed E-state index contributed by atoms with van der Waals surface area (Å²) in [6, 6.07) is 29.4. The quantitative estimate of drug-likeness (QED) is 0.247. The Morgan fingerprint density at radius 1 is 0.463 bits per heavy atom. The standard InChI is InChI=1S/3C9H10O2.2C4H10/c3*1-2-4-8(5-3-1)10-6-9-7-11-9;2*1-4(2)3/h3*1-5,9H,6-7H2;2*4H,1-3H3. The highest BCUT2D eigenvalue weighted by molar-refractivity contribution is 5.22. The summed E-state index contributed by atoms with van der Waals surface area (Å²) in [5.41, 5.74) is 0. The second-order valence-corrected chi connectivity index (χ2v) is 11.2. The lowest BCUT2D eigenvalue weighted by atomic mass is 10.3. The van der Waals surface area contributed by atoms with Crippen molar-refractivity contribution in [1.29, 1.82) is 0 Å². The van der Waals surface area contributed by atoms with Gasteiger partial charge in [-0.3, -0.25) is 0 Å². The van der Waals surface area contributed by atoms with Crippen molar-refractivity contribution in [2.24, 2.45) is 11.8 Å². The number of para-hydroxylation sites is 3. The lowest BCUT2D eigenvalue weighted by Gasteiger charge is -2.01. The summed E-state index contributed by atoms with van der Waals surface area (Å²) < 4.78 is 31.2. The molecule has 3 aliphatic heterocycles. The van der Waals surface area contributed by atoms with Gasteiger partial charge in [-0.15, -0.1) is 0 Å². The molecule has 0 N–H and O–H groups in total. The summed E-state index contributed by atoms with van der Waals surface area (Å²) in [5.74, 6) is 4.43. The zero-order valence-electron chi connectivity index (χ0n) is 25.7. The number of hydrogen-bond acceptors (Lipinski definition) is 6. The van der Waals surface area contributed by atoms with Gasteiger partial charge in [0.05, 0.1) is 19.8 Å². The van der Waals surface area contributed by atoms with Crippen LogP contribution in [0.2, 0.25) is 0 Å². The summed E-state index contributed by atoms with van der Waals surface area (Å²) in [6.45, 7) is 17.6. The fourth-order valence-corrected chi connectivity index (χ4v) is 2.61. The van der Waals surface area contributed by atoms with Gasteiger partial charge in [-0.25, -0.2) is 0 Å². The van der Waals surface area contributed by atoms with E-state index in [-0.39, 0.29) is 0 Å². The molecule has 0 amide bonds. The first-order valence-electron chi connectivity index (χ1n) is 14.7. The van der Waals surface area contributed by atoms with Crippen LogP contribution in [0.25, 0.3) is 0 Å². The van der Waals surface area contributed by atoms with Gasteiger partial charge in [0.1, 0.15) is 55.4 Å². The van der Waals surface area contributed by atoms with E-state index in [1.807, 2.05) is 91.0 Å². The van der Waals surface area contributed by atoms with E-state index in [1.54, 1.807) is 0 Å². The van der Waals surface area contributed by atoms with Gasteiger partial charge in [0.2, 0.25) is 0 Å². The molecule has 0 saturated carbocycles. The average Bonchev–Trinajstić information content (AvgIpc) is 3.82. The Kier molecular flexibility index (Phi) is 17.3. The van der Waals surface area contributed by atoms with Crippen LogP contribution in [0.4, 0.5) is 0 Å². The summed E-state index contributed by atoms with van der Waals surface area (Å²) in [5, 5.41) is 0. The SMILES string of the molecule is CC(C)C.CC(C)C.c1ccc(OCC2CO2)cc1.c1ccc(OCC2CO2)cc1.c1ccc(OCC2CO2)cc1. The molecule has 6 heteroatoms. The first-order chi connectivity index (χ1) is 19.8. The van der Waals surface area contributed by atoms with Gasteiger partial charge in [-0.05, 0) is 48.2 Å². The van der Waals surface area contributed by atoms with E-state index in [9.17, 15) is 0 Å². The molecular weight excluding hydrogens is 516 g/mol. The maximum absolute atomic E-state index is 5.40. The molecule has 226 valence electrons. The average molecular weight is 567 g/mol. The van der Waals surface area contributed by atoms with Gasteiger partial charge >= 0.3 is 0 Å². The molecule has 6 nitrogen and oxygen atoms in total. The van der Waals surface area contributed by atoms with Crippen LogP contribution < -0.4 is 14.2 Å². The normalized spacial score (nSPS) is 18.9. The fourth-order valence-electron chi connectivity index (χ4n) is 2.61. The van der Waals surface area contributed by atoms with Crippen LogP contribution in [0.1, 0.15) is 41.5 Å². The summed E-state index contributed by atoms with van der Waals surface area (Å²) >= 11 is 0. The highest BCUT2D eigenvalue weighted by atomic mass is 16.6. The zero-order chi connectivity index (χ0) is 29.7. The van der Waals surface area contributed by atoms with Gasteiger partial charge in [-0.2, -0.15) is 0 Å². The predicted molar refractivity (Wildman–Crippen MR) is 166 cm³/mol. The Bertz CT molecular complexity index is 851. The molecule has 3 aromatic carbocycles. The minimum atomic E-state index is 0.343. The fraction of sp³-hybridized carbons (Fsp3) is 0.486. The highest BCUT2D eigenvalue weighted by Gasteiger charge is 2.24. The Morgan fingerprint density at radius 2 is 0.659 bits per heavy atom. The topological polar surface area (TPSA) is 65.3 Å². The van der Waals surface area contributed by atoms with Crippen molar-refractivity contribution >= 4 is 0 Å². The Morgan fingerprint density at radius 3 is 0.829 bits per heavy atom. The van der Waals surface area contributed by atoms with Crippen LogP contribution in [0, 0.1) is 11.8 Å². The van der Waals surface area contributed by atoms with E-state index in [4.69, 9.17) is 28.4 Å². The second-order valence-electron chi connectivity index (χ2n) is 11.2. The molecule has 3 atom stereocenters. The molecule has 0 aliphatic carbocycles. The molecule has 0 spiro atoms. The Hall–Kier alpha value is -3.06. The first-order valence-corrected chi connectivity index (χ1v) is 14.7. The third-order valence-electron chi connectivity index (χ3n) is 4.74. The summed E-state index contributed by atoms with van der Waals surface area (Å²) in [7, 11) is 0. The highest BCUT2D eigenvalue weighted by Crippen LogP contribution is 2.15. The maximum atomic E-state index is 5.40. The Balaban J connectivity index is 0.000000191. The summed E-state index contributed by atoms with van der Waals surface area (Å²) in [4.78, 5) is 0. The number of epoxide rings is 3. The number of benzene rings is 3. The van der Waals surface area contributed by atoms with Crippen LogP contribution in [-0.4, -0.2) is 58.0 Å². The van der Waals surface area contributed by atoms with Crippen LogP contribution in [0.3, 0.4) is 0 Å². The lowest BCUT2D eigenvalue weighted by molar-refractivity contribution is 0.263. The molecule has 0 aromatic heterocycles. The van der Waals surface area contributed by atoms with Gasteiger partial charge in [-0.1, -0.05) is 96.1 Å². The maximum Gasteiger partial charge on any atom is 0.119 e. The van der Waals surface area contributed by atoms with Crippen molar-refractivity contribution in [2.45, 2.75) is 59.9 Å². The molecule has 3 aliphatic rings. The number of rotatable bonds is 9. The zero-order valence-corrected chi connectivity index (χ0v) is 25.7. The van der Waals surface area contributed by atoms with Crippen molar-refractivity contribution in [1.82, 2.24) is 0 Å². The van der Waals surface area contributed by atoms with Crippen molar-refractivity contribution < 1.29 is 28.4 Å². The monoisotopic (exact) mass is 566 g/mol. The molecule has 0 radical (unpaired) electrons. The van der Waals surface area contributed by atoms with Gasteiger partial charge in [0, 0.05) is 0 Å². The first kappa shape index (κ1) is 34.1. The largest absolute Gasteiger partial charge is 0.491 e. The van der Waals surface area contributed by atoms with Crippen molar-refractivity contribution in [2.75, 3.05) is 39.6 Å². The smallest absolute Gasteiger partial charge is 0.119 e. The Labute approximate surface area is 247 Å². The van der Waals surface area contributed by atoms with Gasteiger partial charge in [0.15, 0.2) is 0 Å². The lowest BCUT2D eigenvalue weighted by Crippen LogP contribution is -2.03. The van der Waals surface area contributed by atoms with Gasteiger partial charge < -0.3 is 28.4 Å². The second kappa shape index (κ2) is 20.8. The molecule has 6 rings (SSSR count). The van der Waals surface area contributed by atoms with Gasteiger partial charge in [0.25, 0.3) is 0 Å². The molecule has 3 unspecified atom stereocenters. The molecule has 41 heavy (non-hydrogen) atoms. The van der Waals surface area contributed by atoms with Crippen LogP contribution in [0.15, 0.2) is 91.0 Å². The van der Waals surface area contributed by atoms with Crippen molar-refractivity contribution in [3.8, 4) is 17.2 Å². The van der Waals surface area contributed by atoms with E-state index in [1.165, 1.54) is 0 Å². The minimum Gasteiger partial charge on any atom is -0.491 e. The van der Waals surface area contributed by atoms with Crippen LogP contribution in [0.5, 0.6) is 17.2 Å². The molecular formula is C35H50O6. The third-order valence-corrected chi connectivity index (χ3v) is 4.74. The van der Waals surface area contributed by atoms with E-state index in [0.29, 0.717) is 38.1 Å². The molecule has 0 bridgehead atoms. The van der Waals surface area contributed by atoms with Crippen molar-refractivity contribution in [3.63, 3.8) is 0 Å².